The Morgan fingerprint density at radius 2 is 1.84 bits per heavy atom. The summed E-state index contributed by atoms with van der Waals surface area (Å²) in [4.78, 5) is 12.2. The number of rotatable bonds is 1. The van der Waals surface area contributed by atoms with Gasteiger partial charge in [0.2, 0.25) is 0 Å². The molecule has 0 radical (unpaired) electrons. The molecule has 0 aliphatic carbocycles. The smallest absolute Gasteiger partial charge is 0.274 e. The van der Waals surface area contributed by atoms with E-state index in [4.69, 9.17) is 16.3 Å². The summed E-state index contributed by atoms with van der Waals surface area (Å²) in [6.07, 6.45) is 0. The van der Waals surface area contributed by atoms with E-state index < -0.39 is 5.56 Å². The Balaban J connectivity index is 2.88. The Morgan fingerprint density at radius 1 is 1.16 bits per heavy atom. The predicted octanol–water partition coefficient (Wildman–Crippen LogP) is 1.47. The van der Waals surface area contributed by atoms with Gasteiger partial charge in [-0.2, -0.15) is 10.5 Å². The first-order valence-electron chi connectivity index (χ1n) is 5.51. The second kappa shape index (κ2) is 4.67. The lowest BCUT2D eigenvalue weighted by molar-refractivity contribution is 0.989. The molecule has 5 nitrogen and oxygen atoms in total. The van der Waals surface area contributed by atoms with Gasteiger partial charge in [0.25, 0.3) is 5.56 Å². The number of pyridine rings is 1. The molecule has 0 fully saturated rings. The average molecular weight is 250 g/mol. The molecule has 1 aromatic carbocycles. The summed E-state index contributed by atoms with van der Waals surface area (Å²) < 4.78 is 1.18. The summed E-state index contributed by atoms with van der Waals surface area (Å²) in [5.74, 6) is 0.0390. The first kappa shape index (κ1) is 12.4. The number of nitrogen functional groups attached to an aromatic ring is 1. The van der Waals surface area contributed by atoms with Gasteiger partial charge in [-0.1, -0.05) is 12.1 Å². The summed E-state index contributed by atoms with van der Waals surface area (Å²) in [5.41, 5.74) is 6.80. The Kier molecular flexibility index (Phi) is 3.05. The van der Waals surface area contributed by atoms with Crippen molar-refractivity contribution in [1.29, 1.82) is 10.5 Å². The fourth-order valence-corrected chi connectivity index (χ4v) is 1.82. The van der Waals surface area contributed by atoms with Crippen LogP contribution < -0.4 is 11.3 Å². The number of nitrogens with zero attached hydrogens (tertiary/aromatic N) is 3. The Bertz CT molecular complexity index is 791. The lowest BCUT2D eigenvalue weighted by Crippen LogP contribution is -2.24. The molecule has 2 aromatic rings. The van der Waals surface area contributed by atoms with Crippen LogP contribution in [0.15, 0.2) is 35.1 Å². The molecular weight excluding hydrogens is 240 g/mol. The van der Waals surface area contributed by atoms with Crippen LogP contribution in [0, 0.1) is 29.6 Å². The maximum absolute atomic E-state index is 12.2. The fraction of sp³-hybridized carbons (Fsp3) is 0.0714. The summed E-state index contributed by atoms with van der Waals surface area (Å²) in [6.45, 7) is 1.88. The number of anilines is 1. The molecule has 19 heavy (non-hydrogen) atoms. The van der Waals surface area contributed by atoms with E-state index in [9.17, 15) is 4.79 Å². The van der Waals surface area contributed by atoms with Crippen LogP contribution in [0.25, 0.3) is 5.69 Å². The summed E-state index contributed by atoms with van der Waals surface area (Å²) in [7, 11) is 0. The van der Waals surface area contributed by atoms with Crippen LogP contribution >= 0.6 is 0 Å². The Labute approximate surface area is 109 Å². The Morgan fingerprint density at radius 3 is 2.42 bits per heavy atom. The maximum atomic E-state index is 12.2. The molecule has 2 rings (SSSR count). The van der Waals surface area contributed by atoms with E-state index in [0.717, 1.165) is 5.56 Å². The van der Waals surface area contributed by atoms with E-state index in [0.29, 0.717) is 5.69 Å². The average Bonchev–Trinajstić information content (AvgIpc) is 2.39. The van der Waals surface area contributed by atoms with E-state index in [2.05, 4.69) is 0 Å². The van der Waals surface area contributed by atoms with E-state index in [-0.39, 0.29) is 16.9 Å². The summed E-state index contributed by atoms with van der Waals surface area (Å²) >= 11 is 0. The van der Waals surface area contributed by atoms with Crippen LogP contribution in [0.4, 0.5) is 5.82 Å². The molecule has 1 aromatic heterocycles. The third kappa shape index (κ3) is 2.05. The van der Waals surface area contributed by atoms with Crippen LogP contribution in [0.1, 0.15) is 16.7 Å². The van der Waals surface area contributed by atoms with Crippen molar-refractivity contribution >= 4 is 5.82 Å². The third-order valence-electron chi connectivity index (χ3n) is 2.74. The highest BCUT2D eigenvalue weighted by Gasteiger charge is 2.13. The molecule has 0 bridgehead atoms. The molecule has 0 unspecified atom stereocenters. The number of benzene rings is 1. The number of hydrogen-bond acceptors (Lipinski definition) is 4. The monoisotopic (exact) mass is 250 g/mol. The van der Waals surface area contributed by atoms with Gasteiger partial charge in [-0.05, 0) is 30.7 Å². The number of nitrogens with two attached hydrogens (primary N) is 1. The molecule has 1 heterocycles. The van der Waals surface area contributed by atoms with Gasteiger partial charge >= 0.3 is 0 Å². The lowest BCUT2D eigenvalue weighted by atomic mass is 10.1. The standard InChI is InChI=1S/C14H10N4O/c1-9-3-2-4-12(5-9)18-13(17)10(7-15)6-11(8-16)14(18)19/h2-6H,17H2,1H3. The first-order valence-corrected chi connectivity index (χ1v) is 5.51. The van der Waals surface area contributed by atoms with E-state index in [1.807, 2.05) is 19.1 Å². The quantitative estimate of drug-likeness (QED) is 0.828. The van der Waals surface area contributed by atoms with Gasteiger partial charge in [-0.25, -0.2) is 0 Å². The van der Waals surface area contributed by atoms with Crippen LogP contribution in [-0.2, 0) is 0 Å². The van der Waals surface area contributed by atoms with Crippen LogP contribution in [0.3, 0.4) is 0 Å². The minimum absolute atomic E-state index is 0.0390. The normalized spacial score (nSPS) is 9.63. The minimum Gasteiger partial charge on any atom is -0.384 e. The lowest BCUT2D eigenvalue weighted by Gasteiger charge is -2.11. The molecule has 0 saturated carbocycles. The Hall–Kier alpha value is -3.05. The van der Waals surface area contributed by atoms with Crippen molar-refractivity contribution in [3.05, 3.63) is 57.4 Å². The number of aromatic nitrogens is 1. The fourth-order valence-electron chi connectivity index (χ4n) is 1.82. The van der Waals surface area contributed by atoms with Gasteiger partial charge in [-0.15, -0.1) is 0 Å². The minimum atomic E-state index is -0.524. The van der Waals surface area contributed by atoms with Crippen molar-refractivity contribution in [1.82, 2.24) is 4.57 Å². The summed E-state index contributed by atoms with van der Waals surface area (Å²) in [5, 5.41) is 17.9. The van der Waals surface area contributed by atoms with E-state index >= 15 is 0 Å². The van der Waals surface area contributed by atoms with Gasteiger partial charge in [-0.3, -0.25) is 9.36 Å². The zero-order chi connectivity index (χ0) is 14.0. The molecule has 0 aliphatic heterocycles. The molecule has 92 valence electrons. The van der Waals surface area contributed by atoms with E-state index in [1.54, 1.807) is 24.3 Å². The molecule has 0 atom stereocenters. The highest BCUT2D eigenvalue weighted by Crippen LogP contribution is 2.16. The first-order chi connectivity index (χ1) is 9.08. The van der Waals surface area contributed by atoms with Gasteiger partial charge in [0.1, 0.15) is 23.5 Å². The zero-order valence-electron chi connectivity index (χ0n) is 10.2. The number of nitriles is 2. The molecule has 0 saturated heterocycles. The van der Waals surface area contributed by atoms with Crippen LogP contribution in [0.5, 0.6) is 0 Å². The maximum Gasteiger partial charge on any atom is 0.274 e. The van der Waals surface area contributed by atoms with Crippen molar-refractivity contribution in [2.45, 2.75) is 6.92 Å². The SMILES string of the molecule is Cc1cccc(-n2c(N)c(C#N)cc(C#N)c2=O)c1. The zero-order valence-corrected chi connectivity index (χ0v) is 10.2. The van der Waals surface area contributed by atoms with Gasteiger partial charge < -0.3 is 5.73 Å². The number of hydrogen-bond donors (Lipinski definition) is 1. The van der Waals surface area contributed by atoms with Gasteiger partial charge in [0, 0.05) is 0 Å². The van der Waals surface area contributed by atoms with Crippen molar-refractivity contribution in [2.24, 2.45) is 0 Å². The van der Waals surface area contributed by atoms with Crippen molar-refractivity contribution in [3.8, 4) is 17.8 Å². The number of aryl methyl sites for hydroxylation is 1. The van der Waals surface area contributed by atoms with Crippen molar-refractivity contribution in [3.63, 3.8) is 0 Å². The largest absolute Gasteiger partial charge is 0.384 e. The molecule has 2 N–H and O–H groups in total. The third-order valence-corrected chi connectivity index (χ3v) is 2.74. The highest BCUT2D eigenvalue weighted by molar-refractivity contribution is 5.57. The molecule has 0 spiro atoms. The van der Waals surface area contributed by atoms with Crippen LogP contribution in [0.2, 0.25) is 0 Å². The van der Waals surface area contributed by atoms with Crippen LogP contribution in [-0.4, -0.2) is 4.57 Å². The topological polar surface area (TPSA) is 95.6 Å². The molecular formula is C14H10N4O. The van der Waals surface area contributed by atoms with Crippen molar-refractivity contribution in [2.75, 3.05) is 5.73 Å². The molecule has 5 heteroatoms. The second-order valence-electron chi connectivity index (χ2n) is 4.06. The molecule has 0 aliphatic rings. The van der Waals surface area contributed by atoms with Gasteiger partial charge in [0.05, 0.1) is 11.3 Å². The molecule has 0 amide bonds. The van der Waals surface area contributed by atoms with Gasteiger partial charge in [0.15, 0.2) is 0 Å². The van der Waals surface area contributed by atoms with Crippen molar-refractivity contribution < 1.29 is 0 Å². The van der Waals surface area contributed by atoms with E-state index in [1.165, 1.54) is 10.6 Å². The predicted molar refractivity (Wildman–Crippen MR) is 70.6 cm³/mol. The highest BCUT2D eigenvalue weighted by atomic mass is 16.1. The second-order valence-corrected chi connectivity index (χ2v) is 4.06. The summed E-state index contributed by atoms with van der Waals surface area (Å²) in [6, 6.07) is 12.0.